The van der Waals surface area contributed by atoms with Gasteiger partial charge in [-0.2, -0.15) is 0 Å². The van der Waals surface area contributed by atoms with Crippen LogP contribution in [0.25, 0.3) is 99.6 Å². The van der Waals surface area contributed by atoms with Gasteiger partial charge in [-0.15, -0.1) is 0 Å². The van der Waals surface area contributed by atoms with Crippen LogP contribution >= 0.6 is 0 Å². The Labute approximate surface area is 316 Å². The van der Waals surface area contributed by atoms with Gasteiger partial charge in [0.15, 0.2) is 0 Å². The second kappa shape index (κ2) is 11.3. The van der Waals surface area contributed by atoms with Crippen LogP contribution in [0.15, 0.2) is 182 Å². The number of fused-ring (bicyclic) bond motifs is 11. The van der Waals surface area contributed by atoms with Gasteiger partial charge in [0.1, 0.15) is 0 Å². The zero-order valence-corrected chi connectivity index (χ0v) is 30.1. The number of hydrogen-bond acceptors (Lipinski definition) is 1. The van der Waals surface area contributed by atoms with Crippen LogP contribution in [0, 0.1) is 6.92 Å². The molecule has 0 radical (unpaired) electrons. The van der Waals surface area contributed by atoms with Crippen LogP contribution in [-0.2, 0) is 0 Å². The van der Waals surface area contributed by atoms with E-state index in [0.717, 1.165) is 56.0 Å². The van der Waals surface area contributed by atoms with E-state index in [0.29, 0.717) is 0 Å². The van der Waals surface area contributed by atoms with Gasteiger partial charge in [0.05, 0.1) is 55.5 Å². The molecule has 0 fully saturated rings. The first-order valence-corrected chi connectivity index (χ1v) is 18.8. The Hall–Kier alpha value is -7.37. The number of aromatic nitrogens is 5. The van der Waals surface area contributed by atoms with E-state index in [4.69, 9.17) is 4.98 Å². The van der Waals surface area contributed by atoms with E-state index in [1.54, 1.807) is 0 Å². The first-order valence-electron chi connectivity index (χ1n) is 18.8. The lowest BCUT2D eigenvalue weighted by molar-refractivity contribution is 1.11. The Kier molecular flexibility index (Phi) is 6.20. The fourth-order valence-corrected chi connectivity index (χ4v) is 9.16. The highest BCUT2D eigenvalue weighted by molar-refractivity contribution is 6.12. The van der Waals surface area contributed by atoms with Crippen molar-refractivity contribution in [2.45, 2.75) is 6.92 Å². The molecule has 5 heteroatoms. The van der Waals surface area contributed by atoms with Gasteiger partial charge in [-0.05, 0) is 79.2 Å². The third kappa shape index (κ3) is 4.15. The Morgan fingerprint density at radius 1 is 0.364 bits per heavy atom. The Morgan fingerprint density at radius 2 is 0.855 bits per heavy atom. The normalized spacial score (nSPS) is 12.1. The summed E-state index contributed by atoms with van der Waals surface area (Å²) in [7, 11) is 0. The topological polar surface area (TPSA) is 32.1 Å². The minimum absolute atomic E-state index is 0.907. The van der Waals surface area contributed by atoms with Crippen LogP contribution in [0.2, 0.25) is 0 Å². The highest BCUT2D eigenvalue weighted by atomic mass is 15.2. The van der Waals surface area contributed by atoms with E-state index in [9.17, 15) is 0 Å². The van der Waals surface area contributed by atoms with Crippen molar-refractivity contribution < 1.29 is 0 Å². The molecule has 0 amide bonds. The number of nitrogens with zero attached hydrogens (tertiary/aromatic N) is 5. The highest BCUT2D eigenvalue weighted by Gasteiger charge is 2.22. The minimum atomic E-state index is 0.907. The van der Waals surface area contributed by atoms with E-state index >= 15 is 0 Å². The number of hydrogen-bond donors (Lipinski definition) is 0. The maximum Gasteiger partial charge on any atom is 0.220 e. The molecule has 12 aromatic rings. The Balaban J connectivity index is 1.11. The van der Waals surface area contributed by atoms with Crippen molar-refractivity contribution in [1.82, 2.24) is 23.1 Å². The van der Waals surface area contributed by atoms with Crippen molar-refractivity contribution in [1.29, 1.82) is 0 Å². The van der Waals surface area contributed by atoms with Crippen LogP contribution in [0.4, 0.5) is 0 Å². The summed E-state index contributed by atoms with van der Waals surface area (Å²) in [5.41, 5.74) is 16.0. The Bertz CT molecular complexity index is 3460. The molecule has 0 aliphatic carbocycles. The molecule has 258 valence electrons. The summed E-state index contributed by atoms with van der Waals surface area (Å²) in [6.45, 7) is 2.14. The summed E-state index contributed by atoms with van der Waals surface area (Å²) in [6, 6.07) is 65.9. The average Bonchev–Trinajstić information content (AvgIpc) is 3.97. The van der Waals surface area contributed by atoms with Crippen LogP contribution in [-0.4, -0.2) is 23.1 Å². The smallest absolute Gasteiger partial charge is 0.220 e. The maximum atomic E-state index is 5.30. The first kappa shape index (κ1) is 30.1. The fraction of sp³-hybridized carbons (Fsp3) is 0.0200. The van der Waals surface area contributed by atoms with Gasteiger partial charge >= 0.3 is 0 Å². The third-order valence-corrected chi connectivity index (χ3v) is 11.5. The lowest BCUT2D eigenvalue weighted by Gasteiger charge is -2.17. The van der Waals surface area contributed by atoms with Gasteiger partial charge in [0, 0.05) is 38.4 Å². The van der Waals surface area contributed by atoms with Crippen LogP contribution in [0.5, 0.6) is 0 Å². The van der Waals surface area contributed by atoms with E-state index in [2.05, 4.69) is 207 Å². The third-order valence-electron chi connectivity index (χ3n) is 11.5. The summed E-state index contributed by atoms with van der Waals surface area (Å²) in [5.74, 6) is 0.907. The highest BCUT2D eigenvalue weighted by Crippen LogP contribution is 2.41. The summed E-state index contributed by atoms with van der Waals surface area (Å²) in [6.07, 6.45) is 0. The molecule has 4 heterocycles. The van der Waals surface area contributed by atoms with Crippen molar-refractivity contribution in [2.75, 3.05) is 0 Å². The van der Waals surface area contributed by atoms with Gasteiger partial charge < -0.3 is 9.13 Å². The lowest BCUT2D eigenvalue weighted by atomic mass is 10.0. The summed E-state index contributed by atoms with van der Waals surface area (Å²) in [4.78, 5) is 5.30. The molecule has 0 saturated carbocycles. The molecule has 0 spiro atoms. The van der Waals surface area contributed by atoms with Crippen LogP contribution < -0.4 is 0 Å². The van der Waals surface area contributed by atoms with E-state index < -0.39 is 0 Å². The number of aryl methyl sites for hydroxylation is 1. The minimum Gasteiger partial charge on any atom is -0.309 e. The van der Waals surface area contributed by atoms with E-state index in [-0.39, 0.29) is 0 Å². The summed E-state index contributed by atoms with van der Waals surface area (Å²) in [5, 5.41) is 4.97. The molecule has 0 aliphatic rings. The molecule has 0 saturated heterocycles. The standard InChI is InChI=1S/C50H33N5/c1-32-15-14-28-48-49(32)51-50-54(46-26-12-13-27-47(46)55(48)50)44-25-11-5-19-37(44)36-18-4-9-23-42(36)53-43-24-10-6-20-38(43)39-31-33(29-30-45(39)53)52-40-21-7-2-16-34(40)35-17-3-8-22-41(35)52/h2-31H,1H3. The quantitative estimate of drug-likeness (QED) is 0.180. The zero-order chi connectivity index (χ0) is 36.2. The van der Waals surface area contributed by atoms with Gasteiger partial charge in [-0.3, -0.25) is 8.97 Å². The zero-order valence-electron chi connectivity index (χ0n) is 30.1. The Morgan fingerprint density at radius 3 is 1.53 bits per heavy atom. The summed E-state index contributed by atoms with van der Waals surface area (Å²) >= 11 is 0. The lowest BCUT2D eigenvalue weighted by Crippen LogP contribution is -2.02. The predicted molar refractivity (Wildman–Crippen MR) is 228 cm³/mol. The molecule has 4 aromatic heterocycles. The van der Waals surface area contributed by atoms with Gasteiger partial charge in [-0.1, -0.05) is 115 Å². The molecule has 5 nitrogen and oxygen atoms in total. The largest absolute Gasteiger partial charge is 0.309 e. The molecule has 55 heavy (non-hydrogen) atoms. The van der Waals surface area contributed by atoms with Crippen molar-refractivity contribution in [3.63, 3.8) is 0 Å². The van der Waals surface area contributed by atoms with Crippen LogP contribution in [0.3, 0.4) is 0 Å². The molecule has 0 aliphatic heterocycles. The van der Waals surface area contributed by atoms with Crippen molar-refractivity contribution in [3.05, 3.63) is 188 Å². The average molecular weight is 704 g/mol. The van der Waals surface area contributed by atoms with Gasteiger partial charge in [0.2, 0.25) is 5.78 Å². The van der Waals surface area contributed by atoms with Gasteiger partial charge in [0.25, 0.3) is 0 Å². The molecule has 12 rings (SSSR count). The number of rotatable bonds is 4. The molecule has 0 unspecified atom stereocenters. The monoisotopic (exact) mass is 703 g/mol. The fourth-order valence-electron chi connectivity index (χ4n) is 9.16. The second-order valence-electron chi connectivity index (χ2n) is 14.5. The van der Waals surface area contributed by atoms with E-state index in [1.807, 2.05) is 0 Å². The number of benzene rings is 8. The molecule has 0 atom stereocenters. The molecular formula is C50H33N5. The maximum absolute atomic E-state index is 5.30. The van der Waals surface area contributed by atoms with Crippen LogP contribution in [0.1, 0.15) is 5.56 Å². The number of para-hydroxylation sites is 8. The van der Waals surface area contributed by atoms with Crippen molar-refractivity contribution in [3.8, 4) is 28.2 Å². The molecule has 8 aromatic carbocycles. The van der Waals surface area contributed by atoms with E-state index in [1.165, 1.54) is 49.2 Å². The van der Waals surface area contributed by atoms with Crippen molar-refractivity contribution >= 4 is 71.5 Å². The molecule has 0 N–H and O–H groups in total. The molecule has 0 bridgehead atoms. The first-order chi connectivity index (χ1) is 27.2. The second-order valence-corrected chi connectivity index (χ2v) is 14.5. The molecular weight excluding hydrogens is 671 g/mol. The summed E-state index contributed by atoms with van der Waals surface area (Å²) < 4.78 is 9.50. The van der Waals surface area contributed by atoms with Gasteiger partial charge in [-0.25, -0.2) is 4.98 Å². The predicted octanol–water partition coefficient (Wildman–Crippen LogP) is 12.6. The SMILES string of the molecule is Cc1cccc2c1nc1n(-c3ccccc3-c3ccccc3-n3c4ccccc4c4cc(-n5c6ccccc6c6ccccc65)ccc43)c3ccccc3n21. The number of imidazole rings is 2. The van der Waals surface area contributed by atoms with Crippen molar-refractivity contribution in [2.24, 2.45) is 0 Å².